The van der Waals surface area contributed by atoms with Gasteiger partial charge in [0.25, 0.3) is 11.9 Å². The van der Waals surface area contributed by atoms with Crippen molar-refractivity contribution in [2.24, 2.45) is 0 Å². The normalized spacial score (nSPS) is 14.9. The van der Waals surface area contributed by atoms with E-state index in [4.69, 9.17) is 4.74 Å². The lowest BCUT2D eigenvalue weighted by Crippen LogP contribution is -2.54. The molecular formula is C18H25N5O2. The maximum atomic E-state index is 12.9. The lowest BCUT2D eigenvalue weighted by molar-refractivity contribution is -0.0378. The molecule has 1 amide bonds. The number of amides is 1. The largest absolute Gasteiger partial charge is 0.375 e. The number of carbonyl (C=O) groups is 1. The molecule has 0 spiro atoms. The third-order valence-corrected chi connectivity index (χ3v) is 4.23. The van der Waals surface area contributed by atoms with Gasteiger partial charge in [0.15, 0.2) is 0 Å². The first kappa shape index (κ1) is 17.5. The third-order valence-electron chi connectivity index (χ3n) is 4.23. The van der Waals surface area contributed by atoms with Gasteiger partial charge in [-0.1, -0.05) is 13.8 Å². The van der Waals surface area contributed by atoms with Crippen molar-refractivity contribution in [3.8, 4) is 5.95 Å². The van der Waals surface area contributed by atoms with E-state index in [1.165, 1.54) is 0 Å². The number of ether oxygens (including phenoxy) is 1. The zero-order valence-electron chi connectivity index (χ0n) is 15.5. The number of aromatic nitrogens is 4. The van der Waals surface area contributed by atoms with E-state index >= 15 is 0 Å². The molecule has 7 heteroatoms. The van der Waals surface area contributed by atoms with Gasteiger partial charge in [0, 0.05) is 37.3 Å². The number of rotatable bonds is 5. The topological polar surface area (TPSA) is 73.1 Å². The van der Waals surface area contributed by atoms with Crippen molar-refractivity contribution >= 4 is 5.91 Å². The predicted octanol–water partition coefficient (Wildman–Crippen LogP) is 2.26. The zero-order valence-corrected chi connectivity index (χ0v) is 15.5. The molecule has 1 aliphatic heterocycles. The Labute approximate surface area is 148 Å². The number of nitrogens with zero attached hydrogens (tertiary/aromatic N) is 5. The summed E-state index contributed by atoms with van der Waals surface area (Å²) < 4.78 is 7.15. The molecule has 0 aliphatic carbocycles. The summed E-state index contributed by atoms with van der Waals surface area (Å²) in [5, 5.41) is 4.59. The maximum Gasteiger partial charge on any atom is 0.257 e. The molecule has 0 N–H and O–H groups in total. The molecule has 7 nitrogen and oxygen atoms in total. The van der Waals surface area contributed by atoms with Crippen LogP contribution >= 0.6 is 0 Å². The number of hydrogen-bond donors (Lipinski definition) is 0. The van der Waals surface area contributed by atoms with Crippen molar-refractivity contribution < 1.29 is 9.53 Å². The third kappa shape index (κ3) is 3.56. The van der Waals surface area contributed by atoms with Crippen LogP contribution in [0.25, 0.3) is 5.95 Å². The first-order valence-corrected chi connectivity index (χ1v) is 8.72. The summed E-state index contributed by atoms with van der Waals surface area (Å²) in [6.07, 6.45) is 1.90. The Kier molecular flexibility index (Phi) is 4.85. The molecule has 2 aromatic heterocycles. The van der Waals surface area contributed by atoms with Crippen LogP contribution in [0.5, 0.6) is 0 Å². The second-order valence-corrected chi connectivity index (χ2v) is 6.77. The summed E-state index contributed by atoms with van der Waals surface area (Å²) in [6, 6.07) is 1.91. The van der Waals surface area contributed by atoms with Crippen molar-refractivity contribution in [2.75, 3.05) is 19.7 Å². The molecule has 1 saturated heterocycles. The monoisotopic (exact) mass is 343 g/mol. The Balaban J connectivity index is 1.89. The smallest absolute Gasteiger partial charge is 0.257 e. The van der Waals surface area contributed by atoms with Gasteiger partial charge in [0.2, 0.25) is 0 Å². The van der Waals surface area contributed by atoms with Gasteiger partial charge in [-0.15, -0.1) is 0 Å². The second-order valence-electron chi connectivity index (χ2n) is 6.77. The Hall–Kier alpha value is -2.28. The summed E-state index contributed by atoms with van der Waals surface area (Å²) in [4.78, 5) is 23.5. The Morgan fingerprint density at radius 3 is 2.48 bits per heavy atom. The van der Waals surface area contributed by atoms with E-state index in [0.29, 0.717) is 31.2 Å². The van der Waals surface area contributed by atoms with Gasteiger partial charge in [-0.3, -0.25) is 4.79 Å². The van der Waals surface area contributed by atoms with Crippen molar-refractivity contribution in [1.82, 2.24) is 24.6 Å². The van der Waals surface area contributed by atoms with E-state index in [-0.39, 0.29) is 17.9 Å². The van der Waals surface area contributed by atoms with Crippen LogP contribution in [0, 0.1) is 13.8 Å². The summed E-state index contributed by atoms with van der Waals surface area (Å²) in [5.41, 5.74) is 3.14. The average molecular weight is 343 g/mol. The van der Waals surface area contributed by atoms with Gasteiger partial charge < -0.3 is 9.64 Å². The van der Waals surface area contributed by atoms with Crippen LogP contribution in [0.1, 0.15) is 54.1 Å². The summed E-state index contributed by atoms with van der Waals surface area (Å²) in [6.45, 7) is 11.8. The molecule has 1 fully saturated rings. The number of carbonyl (C=O) groups excluding carboxylic acids is 1. The minimum atomic E-state index is -0.00437. The highest BCUT2D eigenvalue weighted by atomic mass is 16.5. The Morgan fingerprint density at radius 2 is 1.92 bits per heavy atom. The molecule has 0 bridgehead atoms. The summed E-state index contributed by atoms with van der Waals surface area (Å²) in [7, 11) is 0. The van der Waals surface area contributed by atoms with Gasteiger partial charge in [0.05, 0.1) is 17.4 Å². The standard InChI is InChI=1S/C18H25N5O2/c1-6-25-14-8-22(9-14)17(24)15-10-23(21-16(15)11(2)3)18-19-12(4)7-13(5)20-18/h7,10-11,14H,6,8-9H2,1-5H3. The van der Waals surface area contributed by atoms with Gasteiger partial charge in [-0.2, -0.15) is 5.10 Å². The number of aryl methyl sites for hydroxylation is 2. The fourth-order valence-electron chi connectivity index (χ4n) is 3.01. The van der Waals surface area contributed by atoms with E-state index in [1.807, 2.05) is 40.7 Å². The molecule has 0 aromatic carbocycles. The van der Waals surface area contributed by atoms with Crippen molar-refractivity contribution in [2.45, 2.75) is 46.6 Å². The van der Waals surface area contributed by atoms with Crippen LogP contribution in [0.3, 0.4) is 0 Å². The van der Waals surface area contributed by atoms with E-state index in [1.54, 1.807) is 15.8 Å². The maximum absolute atomic E-state index is 12.9. The van der Waals surface area contributed by atoms with Gasteiger partial charge in [-0.05, 0) is 32.8 Å². The van der Waals surface area contributed by atoms with Crippen molar-refractivity contribution in [3.63, 3.8) is 0 Å². The van der Waals surface area contributed by atoms with Crippen LogP contribution in [0.4, 0.5) is 0 Å². The molecule has 134 valence electrons. The SMILES string of the molecule is CCOC1CN(C(=O)c2cn(-c3nc(C)cc(C)n3)nc2C(C)C)C1. The minimum Gasteiger partial charge on any atom is -0.375 e. The molecule has 1 aliphatic rings. The lowest BCUT2D eigenvalue weighted by atomic mass is 10.0. The number of likely N-dealkylation sites (tertiary alicyclic amines) is 1. The van der Waals surface area contributed by atoms with E-state index in [2.05, 4.69) is 15.1 Å². The molecule has 0 atom stereocenters. The number of hydrogen-bond acceptors (Lipinski definition) is 5. The summed E-state index contributed by atoms with van der Waals surface area (Å²) in [5.74, 6) is 0.625. The highest BCUT2D eigenvalue weighted by Gasteiger charge is 2.34. The lowest BCUT2D eigenvalue weighted by Gasteiger charge is -2.38. The molecule has 25 heavy (non-hydrogen) atoms. The Morgan fingerprint density at radius 1 is 1.28 bits per heavy atom. The molecule has 0 radical (unpaired) electrons. The van der Waals surface area contributed by atoms with Gasteiger partial charge in [0.1, 0.15) is 0 Å². The van der Waals surface area contributed by atoms with Crippen LogP contribution in [-0.2, 0) is 4.74 Å². The quantitative estimate of drug-likeness (QED) is 0.832. The van der Waals surface area contributed by atoms with Gasteiger partial charge in [-0.25, -0.2) is 14.6 Å². The first-order chi connectivity index (χ1) is 11.9. The Bertz CT molecular complexity index is 758. The molecular weight excluding hydrogens is 318 g/mol. The molecule has 0 unspecified atom stereocenters. The predicted molar refractivity (Wildman–Crippen MR) is 94.0 cm³/mol. The summed E-state index contributed by atoms with van der Waals surface area (Å²) >= 11 is 0. The molecule has 3 rings (SSSR count). The molecule has 0 saturated carbocycles. The molecule has 2 aromatic rings. The minimum absolute atomic E-state index is 0.00437. The van der Waals surface area contributed by atoms with E-state index in [9.17, 15) is 4.79 Å². The molecule has 3 heterocycles. The zero-order chi connectivity index (χ0) is 18.1. The van der Waals surface area contributed by atoms with Crippen LogP contribution in [0.2, 0.25) is 0 Å². The fourth-order valence-corrected chi connectivity index (χ4v) is 3.01. The fraction of sp³-hybridized carbons (Fsp3) is 0.556. The van der Waals surface area contributed by atoms with Gasteiger partial charge >= 0.3 is 0 Å². The average Bonchev–Trinajstić information content (AvgIpc) is 2.94. The van der Waals surface area contributed by atoms with Crippen LogP contribution in [-0.4, -0.2) is 56.4 Å². The van der Waals surface area contributed by atoms with Crippen LogP contribution < -0.4 is 0 Å². The van der Waals surface area contributed by atoms with Crippen molar-refractivity contribution in [1.29, 1.82) is 0 Å². The second kappa shape index (κ2) is 6.92. The van der Waals surface area contributed by atoms with E-state index in [0.717, 1.165) is 17.1 Å². The van der Waals surface area contributed by atoms with Crippen molar-refractivity contribution in [3.05, 3.63) is 34.9 Å². The highest BCUT2D eigenvalue weighted by Crippen LogP contribution is 2.23. The highest BCUT2D eigenvalue weighted by molar-refractivity contribution is 5.96. The van der Waals surface area contributed by atoms with Crippen LogP contribution in [0.15, 0.2) is 12.3 Å². The first-order valence-electron chi connectivity index (χ1n) is 8.72. The van der Waals surface area contributed by atoms with E-state index < -0.39 is 0 Å².